The number of carbonyl (C=O) groups excluding carboxylic acids is 1. The molecule has 4 heteroatoms. The highest BCUT2D eigenvalue weighted by Gasteiger charge is 2.35. The maximum atomic E-state index is 12.8. The van der Waals surface area contributed by atoms with Crippen LogP contribution in [0.25, 0.3) is 6.08 Å². The summed E-state index contributed by atoms with van der Waals surface area (Å²) >= 11 is 0. The molecule has 2 aromatic carbocycles. The lowest BCUT2D eigenvalue weighted by Gasteiger charge is -2.37. The quantitative estimate of drug-likeness (QED) is 0.721. The summed E-state index contributed by atoms with van der Waals surface area (Å²) in [5, 5.41) is 0. The van der Waals surface area contributed by atoms with Crippen LogP contribution in [0.2, 0.25) is 0 Å². The maximum Gasteiger partial charge on any atom is 0.231 e. The van der Waals surface area contributed by atoms with E-state index in [9.17, 15) is 4.79 Å². The zero-order valence-electron chi connectivity index (χ0n) is 15.3. The molecule has 2 heterocycles. The van der Waals surface area contributed by atoms with E-state index in [1.54, 1.807) is 0 Å². The highest BCUT2D eigenvalue weighted by atomic mass is 16.5. The normalized spacial score (nSPS) is 21.5. The van der Waals surface area contributed by atoms with Crippen molar-refractivity contribution in [2.45, 2.75) is 44.7 Å². The van der Waals surface area contributed by atoms with Crippen molar-refractivity contribution in [3.63, 3.8) is 0 Å². The van der Waals surface area contributed by atoms with Crippen LogP contribution in [0.15, 0.2) is 48.2 Å². The molecular weight excluding hydrogens is 338 g/mol. The predicted octanol–water partition coefficient (Wildman–Crippen LogP) is 4.79. The standard InChI is InChI=1S/C23H23NO3/c25-22-18-11-12-20-19(14-24(15-26-20)17-9-5-2-6-10-17)23(18)27-21(22)13-16-7-3-1-4-8-16/h1,3-4,7-8,11-13,17H,2,5-6,9-10,14-15H2/b21-13-. The topological polar surface area (TPSA) is 38.8 Å². The SMILES string of the molecule is O=C1/C(=C/c2ccccc2)Oc2c1ccc1c2CN(C2CCCCC2)CO1. The molecule has 0 unspecified atom stereocenters. The summed E-state index contributed by atoms with van der Waals surface area (Å²) in [5.41, 5.74) is 2.61. The largest absolute Gasteiger partial charge is 0.478 e. The number of rotatable bonds is 2. The summed E-state index contributed by atoms with van der Waals surface area (Å²) in [6, 6.07) is 14.1. The van der Waals surface area contributed by atoms with Gasteiger partial charge in [0.25, 0.3) is 0 Å². The molecule has 138 valence electrons. The first-order valence-corrected chi connectivity index (χ1v) is 9.81. The van der Waals surface area contributed by atoms with Gasteiger partial charge in [-0.3, -0.25) is 9.69 Å². The van der Waals surface area contributed by atoms with Gasteiger partial charge in [-0.15, -0.1) is 0 Å². The summed E-state index contributed by atoms with van der Waals surface area (Å²) in [4.78, 5) is 15.2. The molecule has 0 aromatic heterocycles. The lowest BCUT2D eigenvalue weighted by Crippen LogP contribution is -2.41. The van der Waals surface area contributed by atoms with Gasteiger partial charge in [-0.25, -0.2) is 0 Å². The molecule has 0 amide bonds. The van der Waals surface area contributed by atoms with E-state index in [4.69, 9.17) is 9.47 Å². The van der Waals surface area contributed by atoms with Crippen molar-refractivity contribution in [3.8, 4) is 11.5 Å². The van der Waals surface area contributed by atoms with Crippen molar-refractivity contribution in [3.05, 3.63) is 64.9 Å². The van der Waals surface area contributed by atoms with Crippen LogP contribution in [0.5, 0.6) is 11.5 Å². The van der Waals surface area contributed by atoms with E-state index in [1.165, 1.54) is 32.1 Å². The van der Waals surface area contributed by atoms with Crippen molar-refractivity contribution < 1.29 is 14.3 Å². The Morgan fingerprint density at radius 1 is 1.00 bits per heavy atom. The van der Waals surface area contributed by atoms with Crippen molar-refractivity contribution in [1.82, 2.24) is 4.90 Å². The van der Waals surface area contributed by atoms with Crippen LogP contribution in [0.4, 0.5) is 0 Å². The van der Waals surface area contributed by atoms with Gasteiger partial charge in [-0.2, -0.15) is 0 Å². The second kappa shape index (κ2) is 6.86. The molecule has 4 nitrogen and oxygen atoms in total. The number of nitrogens with zero attached hydrogens (tertiary/aromatic N) is 1. The number of ketones is 1. The lowest BCUT2D eigenvalue weighted by atomic mass is 9.93. The highest BCUT2D eigenvalue weighted by Crippen LogP contribution is 2.43. The van der Waals surface area contributed by atoms with Crippen LogP contribution in [-0.2, 0) is 6.54 Å². The zero-order valence-corrected chi connectivity index (χ0v) is 15.3. The van der Waals surface area contributed by atoms with Gasteiger partial charge in [0.1, 0.15) is 18.2 Å². The van der Waals surface area contributed by atoms with Gasteiger partial charge in [0, 0.05) is 12.6 Å². The average molecular weight is 361 g/mol. The highest BCUT2D eigenvalue weighted by molar-refractivity contribution is 6.15. The average Bonchev–Trinajstić information content (AvgIpc) is 3.05. The molecule has 2 aliphatic heterocycles. The molecule has 1 saturated carbocycles. The van der Waals surface area contributed by atoms with Gasteiger partial charge in [0.15, 0.2) is 5.76 Å². The first kappa shape index (κ1) is 16.6. The fraction of sp³-hybridized carbons (Fsp3) is 0.348. The lowest BCUT2D eigenvalue weighted by molar-refractivity contribution is 0.0394. The minimum Gasteiger partial charge on any atom is -0.478 e. The Hall–Kier alpha value is -2.59. The van der Waals surface area contributed by atoms with Crippen LogP contribution in [0, 0.1) is 0 Å². The first-order valence-electron chi connectivity index (χ1n) is 9.81. The molecule has 5 rings (SSSR count). The van der Waals surface area contributed by atoms with E-state index in [0.29, 0.717) is 29.8 Å². The second-order valence-corrected chi connectivity index (χ2v) is 7.58. The van der Waals surface area contributed by atoms with Crippen molar-refractivity contribution >= 4 is 11.9 Å². The van der Waals surface area contributed by atoms with Crippen LogP contribution < -0.4 is 9.47 Å². The number of allylic oxidation sites excluding steroid dienone is 1. The molecule has 0 atom stereocenters. The summed E-state index contributed by atoms with van der Waals surface area (Å²) in [6.07, 6.45) is 8.19. The zero-order chi connectivity index (χ0) is 18.2. The number of benzene rings is 2. The third kappa shape index (κ3) is 3.04. The summed E-state index contributed by atoms with van der Waals surface area (Å²) in [5.74, 6) is 1.86. The molecule has 3 aliphatic rings. The molecule has 0 bridgehead atoms. The summed E-state index contributed by atoms with van der Waals surface area (Å²) < 4.78 is 12.1. The minimum absolute atomic E-state index is 0.0496. The van der Waals surface area contributed by atoms with Gasteiger partial charge in [-0.05, 0) is 36.6 Å². The summed E-state index contributed by atoms with van der Waals surface area (Å²) in [6.45, 7) is 1.41. The van der Waals surface area contributed by atoms with Crippen molar-refractivity contribution in [2.24, 2.45) is 0 Å². The van der Waals surface area contributed by atoms with Crippen molar-refractivity contribution in [1.29, 1.82) is 0 Å². The molecular formula is C23H23NO3. The molecule has 1 fully saturated rings. The Labute approximate surface area is 159 Å². The van der Waals surface area contributed by atoms with Crippen LogP contribution in [0.1, 0.15) is 53.6 Å². The van der Waals surface area contributed by atoms with Crippen molar-refractivity contribution in [2.75, 3.05) is 6.73 Å². The fourth-order valence-electron chi connectivity index (χ4n) is 4.36. The third-order valence-corrected chi connectivity index (χ3v) is 5.83. The van der Waals surface area contributed by atoms with E-state index < -0.39 is 0 Å². The van der Waals surface area contributed by atoms with E-state index in [2.05, 4.69) is 4.90 Å². The summed E-state index contributed by atoms with van der Waals surface area (Å²) in [7, 11) is 0. The monoisotopic (exact) mass is 361 g/mol. The smallest absolute Gasteiger partial charge is 0.231 e. The number of hydrogen-bond acceptors (Lipinski definition) is 4. The van der Waals surface area contributed by atoms with E-state index >= 15 is 0 Å². The Balaban J connectivity index is 1.45. The number of fused-ring (bicyclic) bond motifs is 3. The predicted molar refractivity (Wildman–Crippen MR) is 104 cm³/mol. The molecule has 0 N–H and O–H groups in total. The van der Waals surface area contributed by atoms with E-state index in [-0.39, 0.29) is 5.78 Å². The van der Waals surface area contributed by atoms with Crippen LogP contribution in [0.3, 0.4) is 0 Å². The number of hydrogen-bond donors (Lipinski definition) is 0. The maximum absolute atomic E-state index is 12.8. The third-order valence-electron chi connectivity index (χ3n) is 5.83. The minimum atomic E-state index is -0.0496. The van der Waals surface area contributed by atoms with Gasteiger partial charge in [0.05, 0.1) is 11.1 Å². The van der Waals surface area contributed by atoms with Gasteiger partial charge < -0.3 is 9.47 Å². The first-order chi connectivity index (χ1) is 13.3. The Bertz CT molecular complexity index is 897. The van der Waals surface area contributed by atoms with Crippen LogP contribution in [-0.4, -0.2) is 23.5 Å². The molecule has 27 heavy (non-hydrogen) atoms. The second-order valence-electron chi connectivity index (χ2n) is 7.58. The van der Waals surface area contributed by atoms with Gasteiger partial charge in [-0.1, -0.05) is 49.6 Å². The molecule has 0 spiro atoms. The van der Waals surface area contributed by atoms with E-state index in [1.807, 2.05) is 48.5 Å². The van der Waals surface area contributed by atoms with Gasteiger partial charge >= 0.3 is 0 Å². The van der Waals surface area contributed by atoms with Crippen LogP contribution >= 0.6 is 0 Å². The molecule has 2 aromatic rings. The number of carbonyl (C=O) groups is 1. The Morgan fingerprint density at radius 3 is 2.63 bits per heavy atom. The molecule has 0 saturated heterocycles. The number of Topliss-reactive ketones (excluding diaryl/α,β-unsaturated/α-hetero) is 1. The van der Waals surface area contributed by atoms with Gasteiger partial charge in [0.2, 0.25) is 5.78 Å². The van der Waals surface area contributed by atoms with E-state index in [0.717, 1.165) is 23.4 Å². The fourth-order valence-corrected chi connectivity index (χ4v) is 4.36. The number of ether oxygens (including phenoxy) is 2. The Kier molecular flexibility index (Phi) is 4.21. The Morgan fingerprint density at radius 2 is 1.81 bits per heavy atom. The molecule has 0 radical (unpaired) electrons. The molecule has 1 aliphatic carbocycles.